The number of fused-ring (bicyclic) bond motifs is 1. The van der Waals surface area contributed by atoms with Gasteiger partial charge in [-0.1, -0.05) is 0 Å². The molecule has 0 aliphatic carbocycles. The van der Waals surface area contributed by atoms with E-state index in [1.165, 1.54) is 13.2 Å². The summed E-state index contributed by atoms with van der Waals surface area (Å²) < 4.78 is 16.1. The molecule has 0 fully saturated rings. The van der Waals surface area contributed by atoms with Gasteiger partial charge in [0.05, 0.1) is 12.8 Å². The number of carbonyl (C=O) groups is 1. The first kappa shape index (κ1) is 13.2. The summed E-state index contributed by atoms with van der Waals surface area (Å²) in [5, 5.41) is 4.16. The lowest BCUT2D eigenvalue weighted by molar-refractivity contribution is -0.141. The van der Waals surface area contributed by atoms with Crippen LogP contribution in [0.4, 0.5) is 0 Å². The lowest BCUT2D eigenvalue weighted by Crippen LogP contribution is -2.26. The molecule has 21 heavy (non-hydrogen) atoms. The van der Waals surface area contributed by atoms with E-state index in [4.69, 9.17) is 9.47 Å². The van der Waals surface area contributed by atoms with Crippen molar-refractivity contribution in [3.63, 3.8) is 0 Å². The molecule has 1 aliphatic rings. The van der Waals surface area contributed by atoms with E-state index in [0.29, 0.717) is 17.2 Å². The Morgan fingerprint density at radius 3 is 2.90 bits per heavy atom. The minimum atomic E-state index is -0.535. The minimum absolute atomic E-state index is 0.189. The van der Waals surface area contributed by atoms with Crippen LogP contribution in [-0.2, 0) is 16.1 Å². The van der Waals surface area contributed by atoms with E-state index in [0.717, 1.165) is 10.2 Å². The Balaban J connectivity index is 1.97. The number of hydrogen-bond donors (Lipinski definition) is 0. The first-order valence-electron chi connectivity index (χ1n) is 6.22. The fourth-order valence-electron chi connectivity index (χ4n) is 1.96. The predicted molar refractivity (Wildman–Crippen MR) is 72.1 cm³/mol. The highest BCUT2D eigenvalue weighted by Crippen LogP contribution is 2.35. The second-order valence-corrected chi connectivity index (χ2v) is 4.36. The van der Waals surface area contributed by atoms with E-state index < -0.39 is 5.97 Å². The van der Waals surface area contributed by atoms with Gasteiger partial charge in [0.2, 0.25) is 6.79 Å². The van der Waals surface area contributed by atoms with E-state index >= 15 is 0 Å². The lowest BCUT2D eigenvalue weighted by atomic mass is 10.1. The zero-order valence-electron chi connectivity index (χ0n) is 11.2. The topological polar surface area (TPSA) is 79.7 Å². The predicted octanol–water partition coefficient (Wildman–Crippen LogP) is 0.812. The van der Waals surface area contributed by atoms with Crippen LogP contribution in [-0.4, -0.2) is 29.7 Å². The third-order valence-corrected chi connectivity index (χ3v) is 3.04. The number of rotatable bonds is 3. The number of nitrogens with zero attached hydrogens (tertiary/aromatic N) is 2. The van der Waals surface area contributed by atoms with Gasteiger partial charge in [-0.2, -0.15) is 5.10 Å². The van der Waals surface area contributed by atoms with Gasteiger partial charge in [-0.3, -0.25) is 9.59 Å². The molecule has 7 nitrogen and oxygen atoms in total. The van der Waals surface area contributed by atoms with E-state index in [-0.39, 0.29) is 18.9 Å². The average Bonchev–Trinajstić information content (AvgIpc) is 2.96. The SMILES string of the molecule is COC(=O)Cn1nc(-c2ccc3c(c2)OCO3)ccc1=O. The highest BCUT2D eigenvalue weighted by atomic mass is 16.7. The minimum Gasteiger partial charge on any atom is -0.468 e. The van der Waals surface area contributed by atoms with Gasteiger partial charge in [-0.25, -0.2) is 4.68 Å². The van der Waals surface area contributed by atoms with Crippen LogP contribution in [0.25, 0.3) is 11.3 Å². The van der Waals surface area contributed by atoms with Crippen molar-refractivity contribution >= 4 is 5.97 Å². The molecule has 1 aliphatic heterocycles. The molecule has 3 rings (SSSR count). The first-order valence-corrected chi connectivity index (χ1v) is 6.22. The van der Waals surface area contributed by atoms with Crippen LogP contribution in [0.1, 0.15) is 0 Å². The molecule has 0 bridgehead atoms. The van der Waals surface area contributed by atoms with Crippen LogP contribution in [0.3, 0.4) is 0 Å². The monoisotopic (exact) mass is 288 g/mol. The largest absolute Gasteiger partial charge is 0.468 e. The fourth-order valence-corrected chi connectivity index (χ4v) is 1.96. The average molecular weight is 288 g/mol. The van der Waals surface area contributed by atoms with Crippen LogP contribution < -0.4 is 15.0 Å². The van der Waals surface area contributed by atoms with Crippen molar-refractivity contribution < 1.29 is 19.0 Å². The van der Waals surface area contributed by atoms with E-state index in [1.807, 2.05) is 6.07 Å². The Morgan fingerprint density at radius 1 is 1.29 bits per heavy atom. The summed E-state index contributed by atoms with van der Waals surface area (Å²) in [7, 11) is 1.26. The number of aromatic nitrogens is 2. The first-order chi connectivity index (χ1) is 10.2. The second kappa shape index (κ2) is 5.28. The van der Waals surface area contributed by atoms with Gasteiger partial charge < -0.3 is 14.2 Å². The molecule has 1 aromatic heterocycles. The van der Waals surface area contributed by atoms with Crippen LogP contribution in [0, 0.1) is 0 Å². The molecule has 0 saturated heterocycles. The van der Waals surface area contributed by atoms with Crippen molar-refractivity contribution in [2.75, 3.05) is 13.9 Å². The van der Waals surface area contributed by atoms with E-state index in [9.17, 15) is 9.59 Å². The van der Waals surface area contributed by atoms with Crippen LogP contribution in [0.5, 0.6) is 11.5 Å². The summed E-state index contributed by atoms with van der Waals surface area (Å²) in [5.74, 6) is 0.758. The normalized spacial score (nSPS) is 12.2. The third kappa shape index (κ3) is 2.58. The van der Waals surface area contributed by atoms with Crippen molar-refractivity contribution in [1.82, 2.24) is 9.78 Å². The molecule has 0 saturated carbocycles. The fraction of sp³-hybridized carbons (Fsp3) is 0.214. The van der Waals surface area contributed by atoms with Crippen LogP contribution >= 0.6 is 0 Å². The molecule has 2 aromatic rings. The summed E-state index contributed by atoms with van der Waals surface area (Å²) in [5.41, 5.74) is 0.944. The molecule has 0 spiro atoms. The maximum Gasteiger partial charge on any atom is 0.327 e. The Labute approximate surface area is 119 Å². The Bertz CT molecular complexity index is 753. The van der Waals surface area contributed by atoms with Gasteiger partial charge >= 0.3 is 5.97 Å². The highest BCUT2D eigenvalue weighted by molar-refractivity contribution is 5.69. The zero-order chi connectivity index (χ0) is 14.8. The van der Waals surface area contributed by atoms with Crippen molar-refractivity contribution in [3.8, 4) is 22.8 Å². The smallest absolute Gasteiger partial charge is 0.327 e. The number of hydrogen-bond acceptors (Lipinski definition) is 6. The molecule has 0 atom stereocenters. The molecule has 0 radical (unpaired) electrons. The van der Waals surface area contributed by atoms with Crippen LogP contribution in [0.2, 0.25) is 0 Å². The summed E-state index contributed by atoms with van der Waals surface area (Å²) in [6.45, 7) is -0.0399. The maximum absolute atomic E-state index is 11.7. The summed E-state index contributed by atoms with van der Waals surface area (Å²) in [6.07, 6.45) is 0. The van der Waals surface area contributed by atoms with Gasteiger partial charge in [0.25, 0.3) is 5.56 Å². The molecule has 0 N–H and O–H groups in total. The summed E-state index contributed by atoms with van der Waals surface area (Å²) in [4.78, 5) is 23.0. The molecule has 108 valence electrons. The second-order valence-electron chi connectivity index (χ2n) is 4.36. The van der Waals surface area contributed by atoms with Gasteiger partial charge in [-0.15, -0.1) is 0 Å². The maximum atomic E-state index is 11.7. The van der Waals surface area contributed by atoms with Gasteiger partial charge in [0.15, 0.2) is 11.5 Å². The van der Waals surface area contributed by atoms with Crippen molar-refractivity contribution in [3.05, 3.63) is 40.7 Å². The molecular formula is C14H12N2O5. The number of benzene rings is 1. The lowest BCUT2D eigenvalue weighted by Gasteiger charge is -2.06. The summed E-state index contributed by atoms with van der Waals surface area (Å²) in [6, 6.07) is 8.30. The standard InChI is InChI=1S/C14H12N2O5/c1-19-14(18)7-16-13(17)5-3-10(15-16)9-2-4-11-12(6-9)21-8-20-11/h2-6H,7-8H2,1H3. The number of methoxy groups -OCH3 is 1. The highest BCUT2D eigenvalue weighted by Gasteiger charge is 2.15. The third-order valence-electron chi connectivity index (χ3n) is 3.04. The summed E-state index contributed by atoms with van der Waals surface area (Å²) >= 11 is 0. The van der Waals surface area contributed by atoms with Crippen molar-refractivity contribution in [1.29, 1.82) is 0 Å². The zero-order valence-corrected chi connectivity index (χ0v) is 11.2. The Morgan fingerprint density at radius 2 is 2.10 bits per heavy atom. The Hall–Kier alpha value is -2.83. The van der Waals surface area contributed by atoms with Gasteiger partial charge in [0, 0.05) is 11.6 Å². The number of carbonyl (C=O) groups excluding carboxylic acids is 1. The molecule has 0 amide bonds. The molecule has 0 unspecified atom stereocenters. The molecule has 7 heteroatoms. The number of ether oxygens (including phenoxy) is 3. The van der Waals surface area contributed by atoms with Crippen molar-refractivity contribution in [2.24, 2.45) is 0 Å². The van der Waals surface area contributed by atoms with Crippen molar-refractivity contribution in [2.45, 2.75) is 6.54 Å². The van der Waals surface area contributed by atoms with Gasteiger partial charge in [-0.05, 0) is 24.3 Å². The quantitative estimate of drug-likeness (QED) is 0.778. The van der Waals surface area contributed by atoms with Crippen LogP contribution in [0.15, 0.2) is 35.1 Å². The van der Waals surface area contributed by atoms with E-state index in [1.54, 1.807) is 18.2 Å². The molecule has 2 heterocycles. The Kier molecular flexibility index (Phi) is 3.31. The van der Waals surface area contributed by atoms with E-state index in [2.05, 4.69) is 9.84 Å². The van der Waals surface area contributed by atoms with Gasteiger partial charge in [0.1, 0.15) is 6.54 Å². The molecule has 1 aromatic carbocycles. The number of esters is 1. The molecular weight excluding hydrogens is 276 g/mol.